The van der Waals surface area contributed by atoms with Gasteiger partial charge in [0.15, 0.2) is 0 Å². The van der Waals surface area contributed by atoms with Gasteiger partial charge in [-0.2, -0.15) is 0 Å². The number of hydrogen-bond acceptors (Lipinski definition) is 0. The Morgan fingerprint density at radius 3 is 1.83 bits per heavy atom. The summed E-state index contributed by atoms with van der Waals surface area (Å²) in [6, 6.07) is 28.1. The van der Waals surface area contributed by atoms with Gasteiger partial charge in [0, 0.05) is 0 Å². The number of fused-ring (bicyclic) bond motifs is 2. The molecule has 0 aromatic heterocycles. The molecule has 2 unspecified atom stereocenters. The van der Waals surface area contributed by atoms with Crippen LogP contribution in [0, 0.1) is 26.7 Å². The van der Waals surface area contributed by atoms with Crippen LogP contribution in [-0.4, -0.2) is 6.88 Å². The fraction of sp³-hybridized carbons (Fsp3) is 0.349. The summed E-state index contributed by atoms with van der Waals surface area (Å²) in [4.78, 5) is 0. The maximum absolute atomic E-state index is 3.70. The minimum atomic E-state index is -3.70. The summed E-state index contributed by atoms with van der Waals surface area (Å²) in [6.45, 7) is 23.5. The smallest absolute Gasteiger partial charge is 0.147 e. The maximum atomic E-state index is 2.78. The van der Waals surface area contributed by atoms with Gasteiger partial charge >= 0.3 is 277 Å². The zero-order valence-electron chi connectivity index (χ0n) is 30.3. The Balaban J connectivity index is 0.00000250. The number of benzene rings is 4. The van der Waals surface area contributed by atoms with E-state index >= 15 is 0 Å². The predicted octanol–water partition coefficient (Wildman–Crippen LogP) is 12.7. The second kappa shape index (κ2) is 13.1. The Bertz CT molecular complexity index is 1960. The zero-order chi connectivity index (χ0) is 32.7. The Hall–Kier alpha value is -1.96. The van der Waals surface area contributed by atoms with Gasteiger partial charge in [-0.3, -0.25) is 0 Å². The molecule has 0 nitrogen and oxygen atoms in total. The van der Waals surface area contributed by atoms with Gasteiger partial charge in [0.25, 0.3) is 0 Å². The first-order valence-electron chi connectivity index (χ1n) is 16.9. The molecule has 0 bridgehead atoms. The van der Waals surface area contributed by atoms with E-state index in [9.17, 15) is 0 Å². The molecule has 6 rings (SSSR count). The average molecular weight is 761 g/mol. The van der Waals surface area contributed by atoms with Crippen LogP contribution in [0.4, 0.5) is 0 Å². The minimum absolute atomic E-state index is 0. The SMILES string of the molecule is CC1=Cc2c(-c3c(C)cccc3C)ccc(C)c2[CH]1[Zr]([CH3])([CH3])(=[SiH2])[CH]1C(C(C)C)=Cc2c(-c3ccc(C(C)(C)C)cc3)cccc21.Cl.Cl. The summed E-state index contributed by atoms with van der Waals surface area (Å²) in [5, 5.41) is 0. The molecule has 0 radical (unpaired) electrons. The van der Waals surface area contributed by atoms with Gasteiger partial charge in [0.2, 0.25) is 0 Å². The molecule has 0 saturated heterocycles. The Morgan fingerprint density at radius 2 is 1.26 bits per heavy atom. The molecule has 0 aliphatic heterocycles. The third-order valence-corrected chi connectivity index (χ3v) is 28.7. The van der Waals surface area contributed by atoms with Crippen molar-refractivity contribution in [1.29, 1.82) is 0 Å². The minimum Gasteiger partial charge on any atom is -0.147 e. The Morgan fingerprint density at radius 1 is 0.660 bits per heavy atom. The fourth-order valence-electron chi connectivity index (χ4n) is 9.05. The molecule has 2 atom stereocenters. The first kappa shape index (κ1) is 37.9. The summed E-state index contributed by atoms with van der Waals surface area (Å²) in [5.41, 5.74) is 20.6. The fourth-order valence-corrected chi connectivity index (χ4v) is 29.7. The number of aryl methyl sites for hydroxylation is 3. The van der Waals surface area contributed by atoms with Crippen LogP contribution in [0.2, 0.25) is 9.26 Å². The molecule has 2 aliphatic rings. The van der Waals surface area contributed by atoms with Crippen LogP contribution < -0.4 is 0 Å². The summed E-state index contributed by atoms with van der Waals surface area (Å²) >= 11 is -3.70. The van der Waals surface area contributed by atoms with E-state index in [1.807, 2.05) is 0 Å². The van der Waals surface area contributed by atoms with Crippen molar-refractivity contribution in [3.8, 4) is 22.3 Å². The summed E-state index contributed by atoms with van der Waals surface area (Å²) in [7, 11) is 0. The van der Waals surface area contributed by atoms with E-state index in [1.165, 1.54) is 55.6 Å². The number of rotatable bonds is 5. The molecule has 4 aromatic carbocycles. The standard InChI is InChI=1S/C22H25.C19H19.2CH3.2ClH.H2Si.Zr/c1-15(2)18-13-17-7-6-8-20(21(17)14-18)16-9-11-19(12-10-16)22(3,4)5;1-12-10-17-13(2)8-9-16(18(17)11-12)19-14(3)6-5-7-15(19)4;;;;;;/h6-15H,1-5H3;5-11H,1-4H3;2*1H3;2*1H;1H2;. The van der Waals surface area contributed by atoms with Crippen LogP contribution in [0.1, 0.15) is 93.3 Å². The first-order valence-corrected chi connectivity index (χ1v) is 30.6. The van der Waals surface area contributed by atoms with E-state index in [-0.39, 0.29) is 30.2 Å². The summed E-state index contributed by atoms with van der Waals surface area (Å²) in [6.07, 6.45) is 5.19. The van der Waals surface area contributed by atoms with E-state index in [4.69, 9.17) is 0 Å². The molecule has 4 aromatic rings. The van der Waals surface area contributed by atoms with E-state index in [1.54, 1.807) is 22.3 Å². The van der Waals surface area contributed by atoms with Crippen molar-refractivity contribution in [3.63, 3.8) is 0 Å². The topological polar surface area (TPSA) is 0 Å². The van der Waals surface area contributed by atoms with E-state index < -0.39 is 17.4 Å². The second-order valence-corrected chi connectivity index (χ2v) is 47.1. The Kier molecular flexibility index (Phi) is 10.5. The number of hydrogen-bond donors (Lipinski definition) is 0. The van der Waals surface area contributed by atoms with Gasteiger partial charge in [-0.25, -0.2) is 0 Å². The largest absolute Gasteiger partial charge is 0.147 e. The number of allylic oxidation sites excluding steroid dienone is 2. The third kappa shape index (κ3) is 6.31. The summed E-state index contributed by atoms with van der Waals surface area (Å²) in [5.74, 6) is 0.503. The van der Waals surface area contributed by atoms with Crippen molar-refractivity contribution in [2.75, 3.05) is 0 Å². The molecule has 4 heteroatoms. The van der Waals surface area contributed by atoms with Crippen molar-refractivity contribution in [3.05, 3.63) is 128 Å². The van der Waals surface area contributed by atoms with Crippen molar-refractivity contribution in [2.45, 2.75) is 84.2 Å². The van der Waals surface area contributed by atoms with Crippen LogP contribution in [0.25, 0.3) is 34.4 Å². The zero-order valence-corrected chi connectivity index (χ0v) is 35.8. The van der Waals surface area contributed by atoms with Crippen molar-refractivity contribution in [2.24, 2.45) is 5.92 Å². The van der Waals surface area contributed by atoms with Gasteiger partial charge < -0.3 is 0 Å². The van der Waals surface area contributed by atoms with Gasteiger partial charge in [-0.05, 0) is 0 Å². The first-order chi connectivity index (χ1) is 21.0. The normalized spacial score (nSPS) is 17.4. The van der Waals surface area contributed by atoms with Gasteiger partial charge in [-0.1, -0.05) is 0 Å². The number of halogens is 2. The molecule has 0 saturated carbocycles. The molecule has 0 heterocycles. The van der Waals surface area contributed by atoms with Crippen LogP contribution >= 0.6 is 24.8 Å². The van der Waals surface area contributed by atoms with Gasteiger partial charge in [0.1, 0.15) is 0 Å². The third-order valence-electron chi connectivity index (χ3n) is 11.1. The van der Waals surface area contributed by atoms with Crippen LogP contribution in [0.3, 0.4) is 0 Å². The quantitative estimate of drug-likeness (QED) is 0.178. The van der Waals surface area contributed by atoms with Crippen LogP contribution in [0.15, 0.2) is 83.9 Å². The van der Waals surface area contributed by atoms with Crippen molar-refractivity contribution >= 4 is 43.8 Å². The molecule has 0 fully saturated rings. The molecule has 2 aliphatic carbocycles. The molecule has 0 amide bonds. The van der Waals surface area contributed by atoms with Crippen LogP contribution in [0.5, 0.6) is 0 Å². The van der Waals surface area contributed by atoms with E-state index in [0.717, 1.165) is 0 Å². The van der Waals surface area contributed by atoms with Gasteiger partial charge in [0.05, 0.1) is 0 Å². The average Bonchev–Trinajstić information content (AvgIpc) is 3.54. The molecular weight excluding hydrogens is 707 g/mol. The van der Waals surface area contributed by atoms with Crippen molar-refractivity contribution in [1.82, 2.24) is 0 Å². The van der Waals surface area contributed by atoms with E-state index in [2.05, 4.69) is 163 Å². The van der Waals surface area contributed by atoms with Crippen molar-refractivity contribution < 1.29 is 17.4 Å². The van der Waals surface area contributed by atoms with E-state index in [0.29, 0.717) is 13.2 Å². The second-order valence-electron chi connectivity index (χ2n) is 16.7. The monoisotopic (exact) mass is 758 g/mol. The Labute approximate surface area is 299 Å². The van der Waals surface area contributed by atoms with Gasteiger partial charge in [-0.15, -0.1) is 24.8 Å². The molecular formula is C43H54Cl2SiZr. The molecule has 47 heavy (non-hydrogen) atoms. The molecule has 248 valence electrons. The molecule has 0 spiro atoms. The molecule has 0 N–H and O–H groups in total. The van der Waals surface area contributed by atoms with Crippen LogP contribution in [-0.2, 0) is 22.8 Å². The summed E-state index contributed by atoms with van der Waals surface area (Å²) < 4.78 is 6.58. The maximum Gasteiger partial charge on any atom is -0.147 e. The predicted molar refractivity (Wildman–Crippen MR) is 213 cm³/mol.